The quantitative estimate of drug-likeness (QED) is 0.740. The van der Waals surface area contributed by atoms with Gasteiger partial charge < -0.3 is 9.84 Å². The van der Waals surface area contributed by atoms with E-state index in [0.717, 1.165) is 13.1 Å². The topological polar surface area (TPSA) is 90.4 Å². The van der Waals surface area contributed by atoms with Crippen molar-refractivity contribution in [1.29, 1.82) is 0 Å². The second kappa shape index (κ2) is 9.60. The van der Waals surface area contributed by atoms with Crippen molar-refractivity contribution in [2.24, 2.45) is 0 Å². The fraction of sp³-hybridized carbons (Fsp3) is 0.611. The molecule has 0 spiro atoms. The summed E-state index contributed by atoms with van der Waals surface area (Å²) in [5, 5.41) is 7.12. The summed E-state index contributed by atoms with van der Waals surface area (Å²) in [5.41, 5.74) is 2.50. The highest BCUT2D eigenvalue weighted by Crippen LogP contribution is 2.27. The van der Waals surface area contributed by atoms with Crippen molar-refractivity contribution in [2.75, 3.05) is 40.3 Å². The van der Waals surface area contributed by atoms with Crippen LogP contribution in [-0.4, -0.2) is 91.7 Å². The zero-order chi connectivity index (χ0) is 22.7. The number of carbonyl (C=O) groups is 1. The average molecular weight is 453 g/mol. The van der Waals surface area contributed by atoms with Crippen LogP contribution >= 0.6 is 0 Å². The van der Waals surface area contributed by atoms with Crippen LogP contribution in [-0.2, 0) is 26.3 Å². The molecule has 0 aliphatic carbocycles. The van der Waals surface area contributed by atoms with Crippen LogP contribution in [0.4, 0.5) is 13.2 Å². The van der Waals surface area contributed by atoms with E-state index < -0.39 is 22.4 Å². The molecule has 2 aliphatic rings. The number of carboxylic acid groups (broad SMARTS) is 1. The molecule has 0 bridgehead atoms. The highest BCUT2D eigenvalue weighted by molar-refractivity contribution is 7.86. The molecule has 1 N–H and O–H groups in total. The molecule has 1 aromatic rings. The number of aryl methyl sites for hydroxylation is 1. The fourth-order valence-corrected chi connectivity index (χ4v) is 4.70. The smallest absolute Gasteiger partial charge is 0.475 e. The SMILES string of the molecule is Cc1cccc(CN2C[C@@H]3OCCN(S(=O)(=O)N(C)C)[C@@H]3C2)c1.O=C(O)C(F)(F)F. The summed E-state index contributed by atoms with van der Waals surface area (Å²) >= 11 is 0. The summed E-state index contributed by atoms with van der Waals surface area (Å²) in [4.78, 5) is 11.2. The summed E-state index contributed by atoms with van der Waals surface area (Å²) in [6.07, 6.45) is -5.12. The van der Waals surface area contributed by atoms with Crippen LogP contribution in [0.2, 0.25) is 0 Å². The maximum absolute atomic E-state index is 12.5. The van der Waals surface area contributed by atoms with E-state index in [0.29, 0.717) is 19.7 Å². The molecule has 8 nitrogen and oxygen atoms in total. The Kier molecular flexibility index (Phi) is 7.85. The van der Waals surface area contributed by atoms with Gasteiger partial charge in [-0.15, -0.1) is 0 Å². The normalized spacial score (nSPS) is 23.0. The van der Waals surface area contributed by atoms with E-state index in [2.05, 4.69) is 36.1 Å². The summed E-state index contributed by atoms with van der Waals surface area (Å²) in [5.74, 6) is -2.76. The van der Waals surface area contributed by atoms with Crippen LogP contribution in [0.25, 0.3) is 0 Å². The highest BCUT2D eigenvalue weighted by Gasteiger charge is 2.45. The summed E-state index contributed by atoms with van der Waals surface area (Å²) in [6.45, 7) is 5.30. The lowest BCUT2D eigenvalue weighted by molar-refractivity contribution is -0.192. The van der Waals surface area contributed by atoms with Gasteiger partial charge in [0, 0.05) is 40.3 Å². The number of likely N-dealkylation sites (tertiary alicyclic amines) is 1. The van der Waals surface area contributed by atoms with Crippen LogP contribution in [0.1, 0.15) is 11.1 Å². The Morgan fingerprint density at radius 1 is 1.30 bits per heavy atom. The number of aliphatic carboxylic acids is 1. The van der Waals surface area contributed by atoms with Crippen LogP contribution in [0.3, 0.4) is 0 Å². The van der Waals surface area contributed by atoms with Crippen molar-refractivity contribution in [3.8, 4) is 0 Å². The first-order chi connectivity index (χ1) is 13.8. The van der Waals surface area contributed by atoms with Gasteiger partial charge in [-0.25, -0.2) is 4.79 Å². The molecular weight excluding hydrogens is 427 g/mol. The van der Waals surface area contributed by atoms with Gasteiger partial charge in [-0.1, -0.05) is 29.8 Å². The molecule has 0 unspecified atom stereocenters. The molecule has 30 heavy (non-hydrogen) atoms. The minimum atomic E-state index is -5.08. The molecule has 3 rings (SSSR count). The number of hydrogen-bond donors (Lipinski definition) is 1. The lowest BCUT2D eigenvalue weighted by Gasteiger charge is -2.37. The minimum absolute atomic E-state index is 0.0386. The number of morpholine rings is 1. The third kappa shape index (κ3) is 6.14. The number of benzene rings is 1. The van der Waals surface area contributed by atoms with E-state index in [4.69, 9.17) is 14.6 Å². The largest absolute Gasteiger partial charge is 0.490 e. The number of carboxylic acids is 1. The zero-order valence-corrected chi connectivity index (χ0v) is 17.8. The molecule has 2 heterocycles. The van der Waals surface area contributed by atoms with E-state index in [1.807, 2.05) is 0 Å². The van der Waals surface area contributed by atoms with Gasteiger partial charge in [0.2, 0.25) is 0 Å². The number of hydrogen-bond acceptors (Lipinski definition) is 5. The van der Waals surface area contributed by atoms with Crippen LogP contribution in [0.5, 0.6) is 0 Å². The number of halogens is 3. The van der Waals surface area contributed by atoms with Crippen molar-refractivity contribution in [1.82, 2.24) is 13.5 Å². The molecule has 2 saturated heterocycles. The molecule has 170 valence electrons. The molecule has 2 atom stereocenters. The molecule has 2 fully saturated rings. The second-order valence-electron chi connectivity index (χ2n) is 7.36. The maximum Gasteiger partial charge on any atom is 0.490 e. The van der Waals surface area contributed by atoms with E-state index in [9.17, 15) is 21.6 Å². The molecule has 0 saturated carbocycles. The number of alkyl halides is 3. The third-order valence-electron chi connectivity index (χ3n) is 4.82. The van der Waals surface area contributed by atoms with E-state index in [1.165, 1.54) is 15.4 Å². The average Bonchev–Trinajstić information content (AvgIpc) is 3.03. The Bertz CT molecular complexity index is 848. The van der Waals surface area contributed by atoms with Crippen molar-refractivity contribution >= 4 is 16.2 Å². The lowest BCUT2D eigenvalue weighted by Crippen LogP contribution is -2.55. The first-order valence-corrected chi connectivity index (χ1v) is 10.6. The summed E-state index contributed by atoms with van der Waals surface area (Å²) in [7, 11) is -0.232. The Hall–Kier alpha value is -1.73. The van der Waals surface area contributed by atoms with Crippen LogP contribution in [0, 0.1) is 6.92 Å². The predicted octanol–water partition coefficient (Wildman–Crippen LogP) is 1.32. The zero-order valence-electron chi connectivity index (χ0n) is 17.0. The second-order valence-corrected chi connectivity index (χ2v) is 9.46. The Balaban J connectivity index is 0.000000396. The Morgan fingerprint density at radius 3 is 2.47 bits per heavy atom. The molecule has 0 aromatic heterocycles. The van der Waals surface area contributed by atoms with Gasteiger partial charge in [-0.05, 0) is 12.5 Å². The monoisotopic (exact) mass is 453 g/mol. The molecule has 1 aromatic carbocycles. The first-order valence-electron chi connectivity index (χ1n) is 9.21. The van der Waals surface area contributed by atoms with Crippen molar-refractivity contribution < 1.29 is 36.2 Å². The molecule has 2 aliphatic heterocycles. The molecule has 12 heteroatoms. The number of nitrogens with zero attached hydrogens (tertiary/aromatic N) is 3. The number of ether oxygens (including phenoxy) is 1. The van der Waals surface area contributed by atoms with Gasteiger partial charge in [-0.3, -0.25) is 4.90 Å². The molecular formula is C18H26F3N3O5S. The van der Waals surface area contributed by atoms with Crippen molar-refractivity contribution in [3.63, 3.8) is 0 Å². The number of fused-ring (bicyclic) bond motifs is 1. The maximum atomic E-state index is 12.5. The van der Waals surface area contributed by atoms with E-state index >= 15 is 0 Å². The van der Waals surface area contributed by atoms with Crippen molar-refractivity contribution in [3.05, 3.63) is 35.4 Å². The van der Waals surface area contributed by atoms with E-state index in [1.54, 1.807) is 18.4 Å². The lowest BCUT2D eigenvalue weighted by atomic mass is 10.1. The summed E-state index contributed by atoms with van der Waals surface area (Å²) < 4.78 is 65.5. The number of rotatable bonds is 4. The third-order valence-corrected chi connectivity index (χ3v) is 6.78. The van der Waals surface area contributed by atoms with Crippen LogP contribution in [0.15, 0.2) is 24.3 Å². The van der Waals surface area contributed by atoms with Gasteiger partial charge in [0.1, 0.15) is 0 Å². The molecule has 0 radical (unpaired) electrons. The van der Waals surface area contributed by atoms with Gasteiger partial charge in [0.15, 0.2) is 0 Å². The first kappa shape index (κ1) is 24.5. The Labute approximate surface area is 174 Å². The minimum Gasteiger partial charge on any atom is -0.475 e. The molecule has 0 amide bonds. The standard InChI is InChI=1S/C16H25N3O3S.C2HF3O2/c1-13-5-4-6-14(9-13)10-18-11-15-16(12-18)22-8-7-19(15)23(20,21)17(2)3;3-2(4,5)1(6)7/h4-6,9,15-16H,7-8,10-12H2,1-3H3;(H,6,7)/t15-,16+;/m1./s1. The van der Waals surface area contributed by atoms with Crippen molar-refractivity contribution in [2.45, 2.75) is 31.8 Å². The van der Waals surface area contributed by atoms with Gasteiger partial charge in [0.25, 0.3) is 10.2 Å². The van der Waals surface area contributed by atoms with Gasteiger partial charge >= 0.3 is 12.1 Å². The van der Waals surface area contributed by atoms with E-state index in [-0.39, 0.29) is 12.1 Å². The fourth-order valence-electron chi connectivity index (χ4n) is 3.43. The predicted molar refractivity (Wildman–Crippen MR) is 103 cm³/mol. The Morgan fingerprint density at radius 2 is 1.93 bits per heavy atom. The van der Waals surface area contributed by atoms with Gasteiger partial charge in [-0.2, -0.15) is 30.2 Å². The van der Waals surface area contributed by atoms with Gasteiger partial charge in [0.05, 0.1) is 18.8 Å². The summed E-state index contributed by atoms with van der Waals surface area (Å²) in [6, 6.07) is 8.34. The van der Waals surface area contributed by atoms with Crippen LogP contribution < -0.4 is 0 Å². The highest BCUT2D eigenvalue weighted by atomic mass is 32.2.